The van der Waals surface area contributed by atoms with Crippen LogP contribution in [0.2, 0.25) is 0 Å². The monoisotopic (exact) mass is 298 g/mol. The van der Waals surface area contributed by atoms with Gasteiger partial charge in [0.05, 0.1) is 5.56 Å². The summed E-state index contributed by atoms with van der Waals surface area (Å²) < 4.78 is 0.584. The van der Waals surface area contributed by atoms with Crippen molar-refractivity contribution in [1.29, 1.82) is 0 Å². The predicted octanol–water partition coefficient (Wildman–Crippen LogP) is 1.53. The van der Waals surface area contributed by atoms with Crippen LogP contribution in [0.3, 0.4) is 0 Å². The van der Waals surface area contributed by atoms with E-state index in [0.717, 1.165) is 6.42 Å². The number of pyridine rings is 1. The zero-order chi connectivity index (χ0) is 12.4. The summed E-state index contributed by atoms with van der Waals surface area (Å²) in [6.07, 6.45) is 4.29. The first-order chi connectivity index (χ1) is 8.11. The highest BCUT2D eigenvalue weighted by Crippen LogP contribution is 2.23. The van der Waals surface area contributed by atoms with Gasteiger partial charge in [0.2, 0.25) is 0 Å². The first kappa shape index (κ1) is 12.0. The molecule has 17 heavy (non-hydrogen) atoms. The third kappa shape index (κ3) is 2.31. The van der Waals surface area contributed by atoms with Crippen molar-refractivity contribution < 1.29 is 14.7 Å². The predicted molar refractivity (Wildman–Crippen MR) is 63.6 cm³/mol. The maximum Gasteiger partial charge on any atom is 0.326 e. The molecule has 1 fully saturated rings. The summed E-state index contributed by atoms with van der Waals surface area (Å²) in [5.74, 6) is -1.20. The number of nitrogens with zero attached hydrogens (tertiary/aromatic N) is 2. The number of hydrogen-bond donors (Lipinski definition) is 1. The Morgan fingerprint density at radius 1 is 1.53 bits per heavy atom. The number of aromatic nitrogens is 1. The lowest BCUT2D eigenvalue weighted by Crippen LogP contribution is -2.40. The van der Waals surface area contributed by atoms with E-state index in [2.05, 4.69) is 20.9 Å². The van der Waals surface area contributed by atoms with Gasteiger partial charge in [0.15, 0.2) is 0 Å². The van der Waals surface area contributed by atoms with Gasteiger partial charge in [0.25, 0.3) is 5.91 Å². The number of likely N-dealkylation sites (tertiary alicyclic amines) is 1. The van der Waals surface area contributed by atoms with Crippen LogP contribution in [-0.4, -0.2) is 39.5 Å². The molecule has 1 N–H and O–H groups in total. The topological polar surface area (TPSA) is 70.5 Å². The Kier molecular flexibility index (Phi) is 3.42. The second kappa shape index (κ2) is 4.83. The van der Waals surface area contributed by atoms with Gasteiger partial charge >= 0.3 is 5.97 Å². The quantitative estimate of drug-likeness (QED) is 0.899. The third-order valence-electron chi connectivity index (χ3n) is 2.80. The Balaban J connectivity index is 2.26. The standard InChI is InChI=1S/C11H11BrN2O3/c12-8-6-13-4-3-7(8)10(15)14-5-1-2-9(14)11(16)17/h3-4,6,9H,1-2,5H2,(H,16,17)/t9-/m0/s1. The van der Waals surface area contributed by atoms with Crippen molar-refractivity contribution in [3.63, 3.8) is 0 Å². The maximum absolute atomic E-state index is 12.2. The molecule has 5 nitrogen and oxygen atoms in total. The van der Waals surface area contributed by atoms with Gasteiger partial charge in [-0.25, -0.2) is 4.79 Å². The number of rotatable bonds is 2. The molecule has 0 spiro atoms. The molecule has 1 atom stereocenters. The summed E-state index contributed by atoms with van der Waals surface area (Å²) in [7, 11) is 0. The van der Waals surface area contributed by atoms with E-state index in [4.69, 9.17) is 5.11 Å². The second-order valence-electron chi connectivity index (χ2n) is 3.85. The highest BCUT2D eigenvalue weighted by Gasteiger charge is 2.34. The number of aliphatic carboxylic acids is 1. The second-order valence-corrected chi connectivity index (χ2v) is 4.70. The van der Waals surface area contributed by atoms with E-state index in [1.54, 1.807) is 6.07 Å². The Morgan fingerprint density at radius 2 is 2.29 bits per heavy atom. The van der Waals surface area contributed by atoms with E-state index in [-0.39, 0.29) is 5.91 Å². The maximum atomic E-state index is 12.2. The van der Waals surface area contributed by atoms with Crippen LogP contribution in [0.1, 0.15) is 23.2 Å². The lowest BCUT2D eigenvalue weighted by Gasteiger charge is -2.21. The lowest BCUT2D eigenvalue weighted by atomic mass is 10.2. The Hall–Kier alpha value is -1.43. The van der Waals surface area contributed by atoms with Crippen LogP contribution >= 0.6 is 15.9 Å². The van der Waals surface area contributed by atoms with Gasteiger partial charge in [-0.2, -0.15) is 0 Å². The molecule has 0 saturated carbocycles. The van der Waals surface area contributed by atoms with Crippen LogP contribution in [0.5, 0.6) is 0 Å². The minimum absolute atomic E-state index is 0.260. The first-order valence-corrected chi connectivity index (χ1v) is 6.04. The average Bonchev–Trinajstić information content (AvgIpc) is 2.77. The molecule has 0 bridgehead atoms. The van der Waals surface area contributed by atoms with Crippen molar-refractivity contribution in [3.05, 3.63) is 28.5 Å². The minimum atomic E-state index is -0.943. The van der Waals surface area contributed by atoms with E-state index < -0.39 is 12.0 Å². The number of hydrogen-bond acceptors (Lipinski definition) is 3. The smallest absolute Gasteiger partial charge is 0.326 e. The summed E-state index contributed by atoms with van der Waals surface area (Å²) in [5, 5.41) is 9.03. The highest BCUT2D eigenvalue weighted by molar-refractivity contribution is 9.10. The largest absolute Gasteiger partial charge is 0.480 e. The third-order valence-corrected chi connectivity index (χ3v) is 3.43. The number of carbonyl (C=O) groups excluding carboxylic acids is 1. The van der Waals surface area contributed by atoms with Gasteiger partial charge in [-0.3, -0.25) is 9.78 Å². The summed E-state index contributed by atoms with van der Waals surface area (Å²) in [6, 6.07) is 0.881. The molecular weight excluding hydrogens is 288 g/mol. The van der Waals surface area contributed by atoms with Crippen LogP contribution < -0.4 is 0 Å². The number of carboxylic acids is 1. The van der Waals surface area contributed by atoms with Crippen LogP contribution in [0.25, 0.3) is 0 Å². The molecule has 2 heterocycles. The molecule has 1 aliphatic heterocycles. The Labute approximate surface area is 107 Å². The molecule has 1 aromatic heterocycles. The molecule has 0 unspecified atom stereocenters. The summed E-state index contributed by atoms with van der Waals surface area (Å²) in [5.41, 5.74) is 0.452. The number of carbonyl (C=O) groups is 2. The molecular formula is C11H11BrN2O3. The SMILES string of the molecule is O=C(O)[C@@H]1CCCN1C(=O)c1ccncc1Br. The molecule has 0 radical (unpaired) electrons. The zero-order valence-electron chi connectivity index (χ0n) is 8.97. The van der Waals surface area contributed by atoms with Crippen molar-refractivity contribution >= 4 is 27.8 Å². The van der Waals surface area contributed by atoms with Gasteiger partial charge in [0.1, 0.15) is 6.04 Å². The molecule has 90 valence electrons. The fourth-order valence-electron chi connectivity index (χ4n) is 1.97. The summed E-state index contributed by atoms with van der Waals surface area (Å²) in [4.78, 5) is 28.5. The molecule has 1 aromatic rings. The van der Waals surface area contributed by atoms with Crippen LogP contribution in [-0.2, 0) is 4.79 Å². The summed E-state index contributed by atoms with van der Waals surface area (Å²) in [6.45, 7) is 0.491. The molecule has 6 heteroatoms. The lowest BCUT2D eigenvalue weighted by molar-refractivity contribution is -0.141. The Bertz CT molecular complexity index is 464. The molecule has 2 rings (SSSR count). The van der Waals surface area contributed by atoms with Gasteiger partial charge in [-0.1, -0.05) is 0 Å². The van der Waals surface area contributed by atoms with Crippen LogP contribution in [0.4, 0.5) is 0 Å². The van der Waals surface area contributed by atoms with E-state index in [0.29, 0.717) is 23.0 Å². The van der Waals surface area contributed by atoms with Crippen LogP contribution in [0, 0.1) is 0 Å². The van der Waals surface area contributed by atoms with E-state index in [9.17, 15) is 9.59 Å². The van der Waals surface area contributed by atoms with E-state index in [1.165, 1.54) is 17.3 Å². The number of amides is 1. The van der Waals surface area contributed by atoms with Crippen molar-refractivity contribution in [2.45, 2.75) is 18.9 Å². The van der Waals surface area contributed by atoms with Crippen LogP contribution in [0.15, 0.2) is 22.9 Å². The number of carboxylic acid groups (broad SMARTS) is 1. The van der Waals surface area contributed by atoms with Gasteiger partial charge < -0.3 is 10.0 Å². The highest BCUT2D eigenvalue weighted by atomic mass is 79.9. The molecule has 1 saturated heterocycles. The molecule has 0 aromatic carbocycles. The molecule has 1 aliphatic rings. The normalized spacial score (nSPS) is 19.4. The Morgan fingerprint density at radius 3 is 2.94 bits per heavy atom. The van der Waals surface area contributed by atoms with Gasteiger partial charge in [0, 0.05) is 23.4 Å². The van der Waals surface area contributed by atoms with E-state index >= 15 is 0 Å². The minimum Gasteiger partial charge on any atom is -0.480 e. The van der Waals surface area contributed by atoms with Gasteiger partial charge in [-0.15, -0.1) is 0 Å². The fraction of sp³-hybridized carbons (Fsp3) is 0.364. The molecule has 0 aliphatic carbocycles. The van der Waals surface area contributed by atoms with Crippen molar-refractivity contribution in [2.24, 2.45) is 0 Å². The van der Waals surface area contributed by atoms with Crippen molar-refractivity contribution in [1.82, 2.24) is 9.88 Å². The fourth-order valence-corrected chi connectivity index (χ4v) is 2.39. The van der Waals surface area contributed by atoms with E-state index in [1.807, 2.05) is 0 Å². The first-order valence-electron chi connectivity index (χ1n) is 5.24. The summed E-state index contributed by atoms with van der Waals surface area (Å²) >= 11 is 3.24. The zero-order valence-corrected chi connectivity index (χ0v) is 10.6. The molecule has 1 amide bonds. The average molecular weight is 299 g/mol. The van der Waals surface area contributed by atoms with Crippen molar-refractivity contribution in [2.75, 3.05) is 6.54 Å². The van der Waals surface area contributed by atoms with Crippen molar-refractivity contribution in [3.8, 4) is 0 Å². The van der Waals surface area contributed by atoms with Gasteiger partial charge in [-0.05, 0) is 34.8 Å². The number of halogens is 1.